The van der Waals surface area contributed by atoms with Gasteiger partial charge in [0.1, 0.15) is 17.9 Å². The van der Waals surface area contributed by atoms with Crippen LogP contribution < -0.4 is 10.1 Å². The first-order chi connectivity index (χ1) is 17.9. The molecule has 9 nitrogen and oxygen atoms in total. The Morgan fingerprint density at radius 1 is 1.27 bits per heavy atom. The molecule has 1 saturated carbocycles. The summed E-state index contributed by atoms with van der Waals surface area (Å²) in [6.07, 6.45) is 17.5. The van der Waals surface area contributed by atoms with Crippen LogP contribution in [0, 0.1) is 11.3 Å². The number of hydrogen-bond acceptors (Lipinski definition) is 6. The van der Waals surface area contributed by atoms with Crippen molar-refractivity contribution in [3.05, 3.63) is 67.2 Å². The highest BCUT2D eigenvalue weighted by Crippen LogP contribution is 2.59. The first kappa shape index (κ1) is 25.1. The number of likely N-dealkylation sites (tertiary alicyclic amines) is 1. The molecule has 4 heterocycles. The Morgan fingerprint density at radius 3 is 2.81 bits per heavy atom. The molecular weight excluding hydrogens is 468 g/mol. The lowest BCUT2D eigenvalue weighted by molar-refractivity contribution is -0.840. The fourth-order valence-electron chi connectivity index (χ4n) is 5.65. The topological polar surface area (TPSA) is 98.5 Å². The van der Waals surface area contributed by atoms with Crippen molar-refractivity contribution in [2.75, 3.05) is 33.3 Å². The van der Waals surface area contributed by atoms with Crippen LogP contribution in [0.2, 0.25) is 0 Å². The number of rotatable bonds is 8. The Bertz CT molecular complexity index is 1220. The van der Waals surface area contributed by atoms with E-state index in [1.54, 1.807) is 37.2 Å². The van der Waals surface area contributed by atoms with Crippen LogP contribution in [0.5, 0.6) is 5.75 Å². The molecule has 37 heavy (non-hydrogen) atoms. The fraction of sp³-hybridized carbons (Fsp3) is 0.464. The molecule has 2 aromatic rings. The fourth-order valence-corrected chi connectivity index (χ4v) is 5.65. The maximum absolute atomic E-state index is 13.4. The van der Waals surface area contributed by atoms with Gasteiger partial charge in [-0.3, -0.25) is 18.8 Å². The van der Waals surface area contributed by atoms with Gasteiger partial charge in [-0.15, -0.1) is 6.58 Å². The summed E-state index contributed by atoms with van der Waals surface area (Å²) < 4.78 is 8.04. The lowest BCUT2D eigenvalue weighted by Gasteiger charge is -2.39. The van der Waals surface area contributed by atoms with Gasteiger partial charge in [0.05, 0.1) is 31.9 Å². The van der Waals surface area contributed by atoms with Crippen molar-refractivity contribution in [2.24, 2.45) is 16.3 Å². The van der Waals surface area contributed by atoms with E-state index in [4.69, 9.17) is 4.74 Å². The van der Waals surface area contributed by atoms with Crippen molar-refractivity contribution in [1.29, 1.82) is 0 Å². The molecular formula is C28H35N6O3+. The molecule has 2 aliphatic heterocycles. The third-order valence-electron chi connectivity index (χ3n) is 8.26. The summed E-state index contributed by atoms with van der Waals surface area (Å²) >= 11 is 0. The molecule has 2 aromatic heterocycles. The van der Waals surface area contributed by atoms with E-state index in [9.17, 15) is 9.59 Å². The van der Waals surface area contributed by atoms with Gasteiger partial charge in [-0.1, -0.05) is 6.08 Å². The molecule has 2 fully saturated rings. The van der Waals surface area contributed by atoms with Gasteiger partial charge in [0.15, 0.2) is 6.61 Å². The van der Waals surface area contributed by atoms with Crippen LogP contribution in [0.1, 0.15) is 37.7 Å². The predicted octanol–water partition coefficient (Wildman–Crippen LogP) is 2.90. The quantitative estimate of drug-likeness (QED) is 0.441. The summed E-state index contributed by atoms with van der Waals surface area (Å²) in [7, 11) is 2.06. The van der Waals surface area contributed by atoms with Crippen molar-refractivity contribution in [3.8, 4) is 5.75 Å². The SMILES string of the molecule is C=CCc1ccncc1OCC(=O)NCC1CC12CC[N+](C)(C(=O)C1=CN=C(n3ccnc3)CC1)CC2. The first-order valence-corrected chi connectivity index (χ1v) is 13.0. The molecule has 9 heteroatoms. The number of imidazole rings is 1. The Hall–Kier alpha value is -3.59. The molecule has 0 bridgehead atoms. The smallest absolute Gasteiger partial charge is 0.343 e. The van der Waals surface area contributed by atoms with Crippen LogP contribution in [-0.2, 0) is 16.0 Å². The number of carbonyl (C=O) groups excluding carboxylic acids is 2. The van der Waals surface area contributed by atoms with Gasteiger partial charge in [-0.25, -0.2) is 14.8 Å². The van der Waals surface area contributed by atoms with Gasteiger partial charge in [0, 0.05) is 56.2 Å². The number of allylic oxidation sites excluding steroid dienone is 1. The number of ether oxygens (including phenoxy) is 1. The summed E-state index contributed by atoms with van der Waals surface area (Å²) in [5, 5.41) is 3.04. The molecule has 0 aromatic carbocycles. The number of nitrogens with zero attached hydrogens (tertiary/aromatic N) is 5. The van der Waals surface area contributed by atoms with Gasteiger partial charge in [0.2, 0.25) is 0 Å². The van der Waals surface area contributed by atoms with Crippen LogP contribution >= 0.6 is 0 Å². The number of aliphatic imine (C=N–C) groups is 1. The molecule has 194 valence electrons. The number of quaternary nitrogens is 1. The highest BCUT2D eigenvalue weighted by atomic mass is 16.5. The molecule has 1 spiro atoms. The molecule has 1 atom stereocenters. The van der Waals surface area contributed by atoms with E-state index in [-0.39, 0.29) is 23.8 Å². The molecule has 2 amide bonds. The number of pyridine rings is 1. The molecule has 5 rings (SSSR count). The van der Waals surface area contributed by atoms with Crippen LogP contribution in [0.25, 0.3) is 0 Å². The third-order valence-corrected chi connectivity index (χ3v) is 8.26. The van der Waals surface area contributed by atoms with E-state index in [1.165, 1.54) is 0 Å². The first-order valence-electron chi connectivity index (χ1n) is 13.0. The normalized spacial score (nSPS) is 26.7. The van der Waals surface area contributed by atoms with E-state index < -0.39 is 0 Å². The zero-order valence-electron chi connectivity index (χ0n) is 21.4. The lowest BCUT2D eigenvalue weighted by Crippen LogP contribution is -2.55. The van der Waals surface area contributed by atoms with E-state index in [1.807, 2.05) is 16.8 Å². The second-order valence-corrected chi connectivity index (χ2v) is 10.7. The Kier molecular flexibility index (Phi) is 7.06. The molecule has 1 N–H and O–H groups in total. The summed E-state index contributed by atoms with van der Waals surface area (Å²) in [6, 6.07) is 1.87. The maximum atomic E-state index is 13.4. The van der Waals surface area contributed by atoms with Crippen molar-refractivity contribution in [3.63, 3.8) is 0 Å². The minimum atomic E-state index is -0.123. The van der Waals surface area contributed by atoms with Crippen LogP contribution in [0.3, 0.4) is 0 Å². The number of carbonyl (C=O) groups is 2. The highest BCUT2D eigenvalue weighted by Gasteiger charge is 2.58. The molecule has 1 aliphatic carbocycles. The monoisotopic (exact) mass is 503 g/mol. The number of amides is 2. The number of likely N-dealkylation sites (N-methyl/N-ethyl adjacent to an activating group) is 1. The van der Waals surface area contributed by atoms with Crippen molar-refractivity contribution in [1.82, 2.24) is 19.9 Å². The summed E-state index contributed by atoms with van der Waals surface area (Å²) in [4.78, 5) is 38.5. The predicted molar refractivity (Wildman–Crippen MR) is 140 cm³/mol. The number of aromatic nitrogens is 3. The van der Waals surface area contributed by atoms with Crippen molar-refractivity contribution in [2.45, 2.75) is 38.5 Å². The van der Waals surface area contributed by atoms with E-state index in [0.717, 1.165) is 55.7 Å². The third kappa shape index (κ3) is 5.41. The second kappa shape index (κ2) is 10.4. The number of hydrogen-bond donors (Lipinski definition) is 1. The van der Waals surface area contributed by atoms with Crippen LogP contribution in [-0.4, -0.2) is 70.0 Å². The Labute approximate surface area is 217 Å². The van der Waals surface area contributed by atoms with Crippen LogP contribution in [0.4, 0.5) is 0 Å². The lowest BCUT2D eigenvalue weighted by atomic mass is 9.88. The summed E-state index contributed by atoms with van der Waals surface area (Å²) in [5.74, 6) is 2.07. The Morgan fingerprint density at radius 2 is 2.11 bits per heavy atom. The van der Waals surface area contributed by atoms with E-state index in [2.05, 4.69) is 33.9 Å². The van der Waals surface area contributed by atoms with Gasteiger partial charge < -0.3 is 10.1 Å². The zero-order valence-corrected chi connectivity index (χ0v) is 21.4. The molecule has 3 aliphatic rings. The molecule has 1 saturated heterocycles. The average molecular weight is 504 g/mol. The van der Waals surface area contributed by atoms with Gasteiger partial charge in [-0.2, -0.15) is 0 Å². The summed E-state index contributed by atoms with van der Waals surface area (Å²) in [6.45, 7) is 6.04. The Balaban J connectivity index is 1.08. The largest absolute Gasteiger partial charge is 0.482 e. The van der Waals surface area contributed by atoms with Gasteiger partial charge in [-0.05, 0) is 36.7 Å². The molecule has 1 unspecified atom stereocenters. The maximum Gasteiger partial charge on any atom is 0.343 e. The zero-order chi connectivity index (χ0) is 25.9. The van der Waals surface area contributed by atoms with E-state index in [0.29, 0.717) is 35.5 Å². The van der Waals surface area contributed by atoms with Crippen molar-refractivity contribution < 1.29 is 18.8 Å². The minimum Gasteiger partial charge on any atom is -0.482 e. The average Bonchev–Trinajstić information content (AvgIpc) is 3.31. The second-order valence-electron chi connectivity index (χ2n) is 10.7. The van der Waals surface area contributed by atoms with Crippen LogP contribution in [0.15, 0.2) is 66.6 Å². The van der Waals surface area contributed by atoms with Gasteiger partial charge >= 0.3 is 5.91 Å². The number of nitrogens with one attached hydrogen (secondary N) is 1. The summed E-state index contributed by atoms with van der Waals surface area (Å²) in [5.41, 5.74) is 2.03. The van der Waals surface area contributed by atoms with Crippen molar-refractivity contribution >= 4 is 17.6 Å². The minimum absolute atomic E-state index is 0.0286. The number of piperidine rings is 1. The highest BCUT2D eigenvalue weighted by molar-refractivity contribution is 5.93. The molecule has 0 radical (unpaired) electrons. The standard InChI is InChI=1S/C28H34N6O3/c1-3-4-21-7-10-29-18-24(21)37-19-26(35)32-17-23-15-28(23)8-13-34(2,14-9-28)27(36)22-5-6-25(31-16-22)33-12-11-30-20-33/h3,7,10-12,16,18,20,23H,1,4-6,8-9,13-15,17,19H2,2H3/p+1. The van der Waals surface area contributed by atoms with Gasteiger partial charge in [0.25, 0.3) is 5.91 Å². The van der Waals surface area contributed by atoms with E-state index >= 15 is 0 Å².